The number of hydrazine groups is 1. The summed E-state index contributed by atoms with van der Waals surface area (Å²) in [7, 11) is 1.57. The van der Waals surface area contributed by atoms with Crippen molar-refractivity contribution in [3.63, 3.8) is 0 Å². The zero-order chi connectivity index (χ0) is 22.5. The fourth-order valence-electron chi connectivity index (χ4n) is 2.50. The van der Waals surface area contributed by atoms with E-state index < -0.39 is 11.8 Å². The van der Waals surface area contributed by atoms with Crippen molar-refractivity contribution in [1.29, 1.82) is 0 Å². The highest BCUT2D eigenvalue weighted by Crippen LogP contribution is 2.18. The van der Waals surface area contributed by atoms with E-state index in [1.807, 2.05) is 0 Å². The van der Waals surface area contributed by atoms with Crippen LogP contribution in [0.25, 0.3) is 0 Å². The average molecular weight is 446 g/mol. The minimum Gasteiger partial charge on any atom is -0.497 e. The van der Waals surface area contributed by atoms with Gasteiger partial charge in [0.1, 0.15) is 17.2 Å². The number of rotatable bonds is 10. The van der Waals surface area contributed by atoms with E-state index in [4.69, 9.17) is 26.4 Å². The number of carbonyl (C=O) groups is 2. The molecule has 0 aliphatic rings. The normalized spacial score (nSPS) is 10.0. The van der Waals surface area contributed by atoms with Crippen LogP contribution in [0.3, 0.4) is 0 Å². The van der Waals surface area contributed by atoms with Crippen LogP contribution in [-0.4, -0.2) is 37.3 Å². The molecule has 3 N–H and O–H groups in total. The summed E-state index contributed by atoms with van der Waals surface area (Å²) in [5.41, 5.74) is 5.20. The monoisotopic (exact) mass is 445 g/mol. The van der Waals surface area contributed by atoms with Crippen molar-refractivity contribution in [1.82, 2.24) is 16.2 Å². The van der Waals surface area contributed by atoms with Gasteiger partial charge in [-0.15, -0.1) is 0 Å². The maximum absolute atomic E-state index is 12.5. The number of unbranched alkanes of at least 4 members (excludes halogenated alkanes) is 2. The van der Waals surface area contributed by atoms with Crippen LogP contribution >= 0.6 is 12.2 Å². The molecule has 8 nitrogen and oxygen atoms in total. The molecule has 31 heavy (non-hydrogen) atoms. The molecule has 2 aromatic rings. The quantitative estimate of drug-likeness (QED) is 0.294. The third kappa shape index (κ3) is 8.51. The first kappa shape index (κ1) is 23.9. The van der Waals surface area contributed by atoms with Gasteiger partial charge in [0, 0.05) is 0 Å². The molecule has 0 saturated carbocycles. The molecule has 9 heteroatoms. The van der Waals surface area contributed by atoms with E-state index in [-0.39, 0.29) is 11.7 Å². The van der Waals surface area contributed by atoms with Gasteiger partial charge in [-0.3, -0.25) is 25.8 Å². The molecule has 2 aromatic carbocycles. The number of hydrogen-bond donors (Lipinski definition) is 3. The average Bonchev–Trinajstić information content (AvgIpc) is 2.79. The number of ether oxygens (including phenoxy) is 3. The van der Waals surface area contributed by atoms with Crippen LogP contribution in [0, 0.1) is 0 Å². The summed E-state index contributed by atoms with van der Waals surface area (Å²) in [6.45, 7) is 2.41. The second kappa shape index (κ2) is 13.1. The number of methoxy groups -OCH3 is 1. The Morgan fingerprint density at radius 3 is 2.35 bits per heavy atom. The minimum absolute atomic E-state index is 0.0522. The molecule has 2 amide bonds. The number of thiocarbonyl (C=S) groups is 1. The second-order valence-electron chi connectivity index (χ2n) is 6.47. The van der Waals surface area contributed by atoms with Crippen molar-refractivity contribution in [2.24, 2.45) is 0 Å². The van der Waals surface area contributed by atoms with E-state index in [1.165, 1.54) is 0 Å². The molecule has 0 spiro atoms. The Labute approximate surface area is 187 Å². The van der Waals surface area contributed by atoms with Crippen molar-refractivity contribution in [2.45, 2.75) is 26.2 Å². The Kier molecular flexibility index (Phi) is 10.1. The molecule has 0 heterocycles. The molecule has 0 aliphatic heterocycles. The maximum atomic E-state index is 12.5. The zero-order valence-corrected chi connectivity index (χ0v) is 18.4. The van der Waals surface area contributed by atoms with E-state index in [1.54, 1.807) is 55.6 Å². The Balaban J connectivity index is 1.76. The number of nitrogens with one attached hydrogen (secondary N) is 3. The van der Waals surface area contributed by atoms with Crippen LogP contribution in [0.1, 0.15) is 36.5 Å². The fourth-order valence-corrected chi connectivity index (χ4v) is 2.64. The molecule has 166 valence electrons. The van der Waals surface area contributed by atoms with Gasteiger partial charge in [-0.1, -0.05) is 31.9 Å². The highest BCUT2D eigenvalue weighted by molar-refractivity contribution is 7.80. The van der Waals surface area contributed by atoms with Crippen LogP contribution in [-0.2, 0) is 4.79 Å². The standard InChI is InChI=1S/C22H27N3O5S/c1-3-4-7-14-29-19-9-6-5-8-18(19)21(27)23-22(31)25-24-20(26)15-30-17-12-10-16(28-2)11-13-17/h5-6,8-13H,3-4,7,14-15H2,1-2H3,(H,24,26)(H2,23,25,27,31). The Morgan fingerprint density at radius 1 is 0.935 bits per heavy atom. The molecular weight excluding hydrogens is 418 g/mol. The first-order valence-electron chi connectivity index (χ1n) is 9.92. The Hall–Kier alpha value is -3.33. The summed E-state index contributed by atoms with van der Waals surface area (Å²) in [4.78, 5) is 24.4. The maximum Gasteiger partial charge on any atom is 0.276 e. The predicted molar refractivity (Wildman–Crippen MR) is 121 cm³/mol. The summed E-state index contributed by atoms with van der Waals surface area (Å²) >= 11 is 5.07. The topological polar surface area (TPSA) is 97.9 Å². The molecule has 0 radical (unpaired) electrons. The van der Waals surface area contributed by atoms with Gasteiger partial charge in [0.05, 0.1) is 19.3 Å². The lowest BCUT2D eigenvalue weighted by molar-refractivity contribution is -0.123. The smallest absolute Gasteiger partial charge is 0.276 e. The molecule has 0 fully saturated rings. The lowest BCUT2D eigenvalue weighted by Gasteiger charge is -2.13. The van der Waals surface area contributed by atoms with Gasteiger partial charge >= 0.3 is 0 Å². The lowest BCUT2D eigenvalue weighted by Crippen LogP contribution is -2.49. The van der Waals surface area contributed by atoms with Crippen molar-refractivity contribution in [3.8, 4) is 17.2 Å². The van der Waals surface area contributed by atoms with Crippen molar-refractivity contribution >= 4 is 29.1 Å². The van der Waals surface area contributed by atoms with Gasteiger partial charge in [0.2, 0.25) is 0 Å². The van der Waals surface area contributed by atoms with Gasteiger partial charge in [-0.2, -0.15) is 0 Å². The molecule has 0 aliphatic carbocycles. The Morgan fingerprint density at radius 2 is 1.65 bits per heavy atom. The lowest BCUT2D eigenvalue weighted by atomic mass is 10.2. The van der Waals surface area contributed by atoms with Crippen molar-refractivity contribution in [2.75, 3.05) is 20.3 Å². The molecule has 0 unspecified atom stereocenters. The first-order chi connectivity index (χ1) is 15.0. The van der Waals surface area contributed by atoms with E-state index in [2.05, 4.69) is 23.1 Å². The molecule has 0 atom stereocenters. The largest absolute Gasteiger partial charge is 0.497 e. The van der Waals surface area contributed by atoms with Gasteiger partial charge < -0.3 is 14.2 Å². The fraction of sp³-hybridized carbons (Fsp3) is 0.318. The number of benzene rings is 2. The van der Waals surface area contributed by atoms with Crippen LogP contribution in [0.15, 0.2) is 48.5 Å². The summed E-state index contributed by atoms with van der Waals surface area (Å²) in [5, 5.41) is 2.46. The van der Waals surface area contributed by atoms with Gasteiger partial charge in [-0.05, 0) is 55.0 Å². The van der Waals surface area contributed by atoms with E-state index in [0.29, 0.717) is 29.4 Å². The van der Waals surface area contributed by atoms with Crippen molar-refractivity contribution in [3.05, 3.63) is 54.1 Å². The number of hydrogen-bond acceptors (Lipinski definition) is 6. The van der Waals surface area contributed by atoms with Gasteiger partial charge in [0.25, 0.3) is 11.8 Å². The van der Waals surface area contributed by atoms with Crippen LogP contribution < -0.4 is 30.4 Å². The summed E-state index contributed by atoms with van der Waals surface area (Å²) in [5.74, 6) is 0.782. The first-order valence-corrected chi connectivity index (χ1v) is 10.3. The van der Waals surface area contributed by atoms with Gasteiger partial charge in [-0.25, -0.2) is 0 Å². The summed E-state index contributed by atoms with van der Waals surface area (Å²) < 4.78 is 16.1. The molecule has 2 rings (SSSR count). The third-order valence-electron chi connectivity index (χ3n) is 4.11. The molecule has 0 saturated heterocycles. The van der Waals surface area contributed by atoms with Crippen LogP contribution in [0.2, 0.25) is 0 Å². The predicted octanol–water partition coefficient (Wildman–Crippen LogP) is 2.98. The summed E-state index contributed by atoms with van der Waals surface area (Å²) in [6.07, 6.45) is 3.06. The summed E-state index contributed by atoms with van der Waals surface area (Å²) in [6, 6.07) is 13.7. The van der Waals surface area contributed by atoms with Gasteiger partial charge in [0.15, 0.2) is 11.7 Å². The van der Waals surface area contributed by atoms with Crippen LogP contribution in [0.4, 0.5) is 0 Å². The zero-order valence-electron chi connectivity index (χ0n) is 17.6. The number of para-hydroxylation sites is 1. The third-order valence-corrected chi connectivity index (χ3v) is 4.31. The molecule has 0 aromatic heterocycles. The number of amides is 2. The highest BCUT2D eigenvalue weighted by atomic mass is 32.1. The highest BCUT2D eigenvalue weighted by Gasteiger charge is 2.14. The Bertz CT molecular complexity index is 874. The van der Waals surface area contributed by atoms with Crippen LogP contribution in [0.5, 0.6) is 17.2 Å². The second-order valence-corrected chi connectivity index (χ2v) is 6.88. The SMILES string of the molecule is CCCCCOc1ccccc1C(=O)NC(=S)NNC(=O)COc1ccc(OC)cc1. The van der Waals surface area contributed by atoms with E-state index in [9.17, 15) is 9.59 Å². The molecular formula is C22H27N3O5S. The van der Waals surface area contributed by atoms with Crippen molar-refractivity contribution < 1.29 is 23.8 Å². The number of carbonyl (C=O) groups excluding carboxylic acids is 2. The molecule has 0 bridgehead atoms. The minimum atomic E-state index is -0.466. The van der Waals surface area contributed by atoms with E-state index >= 15 is 0 Å². The van der Waals surface area contributed by atoms with E-state index in [0.717, 1.165) is 19.3 Å².